The molecule has 0 bridgehead atoms. The van der Waals surface area contributed by atoms with Crippen molar-refractivity contribution in [3.8, 4) is 11.3 Å². The highest BCUT2D eigenvalue weighted by Gasteiger charge is 2.41. The Labute approximate surface area is 224 Å². The summed E-state index contributed by atoms with van der Waals surface area (Å²) in [4.78, 5) is 19.2. The summed E-state index contributed by atoms with van der Waals surface area (Å²) in [5, 5.41) is 7.77. The van der Waals surface area contributed by atoms with Crippen LogP contribution in [0.15, 0.2) is 89.5 Å². The Morgan fingerprint density at radius 2 is 1.83 bits per heavy atom. The first kappa shape index (κ1) is 24.3. The number of furan rings is 1. The van der Waals surface area contributed by atoms with Gasteiger partial charge in [-0.05, 0) is 66.8 Å². The number of nitrogens with one attached hydrogen (secondary N) is 2. The minimum absolute atomic E-state index is 0.0972. The molecule has 5 rings (SSSR count). The number of thiocarbonyl (C=S) groups is 1. The summed E-state index contributed by atoms with van der Waals surface area (Å²) in [7, 11) is 0. The van der Waals surface area contributed by atoms with Crippen molar-refractivity contribution in [2.75, 3.05) is 11.9 Å². The first-order valence-electron chi connectivity index (χ1n) is 11.4. The fraction of sp³-hybridized carbons (Fsp3) is 0.148. The van der Waals surface area contributed by atoms with E-state index in [2.05, 4.69) is 15.6 Å². The average molecular weight is 537 g/mol. The average Bonchev–Trinajstić information content (AvgIpc) is 3.50. The quantitative estimate of drug-likeness (QED) is 0.257. The van der Waals surface area contributed by atoms with Crippen LogP contribution in [0.3, 0.4) is 0 Å². The molecule has 2 aromatic heterocycles. The topological polar surface area (TPSA) is 70.4 Å². The minimum Gasteiger partial charge on any atom is -0.459 e. The maximum atomic E-state index is 12.7. The Morgan fingerprint density at radius 3 is 2.58 bits per heavy atom. The lowest BCUT2D eigenvalue weighted by Crippen LogP contribution is -2.32. The second-order valence-corrected chi connectivity index (χ2v) is 9.52. The van der Waals surface area contributed by atoms with Gasteiger partial charge in [0.25, 0.3) is 0 Å². The lowest BCUT2D eigenvalue weighted by Gasteiger charge is -2.25. The Morgan fingerprint density at radius 1 is 1.03 bits per heavy atom. The number of rotatable bonds is 7. The van der Waals surface area contributed by atoms with Crippen molar-refractivity contribution in [2.24, 2.45) is 0 Å². The molecule has 1 saturated heterocycles. The Kier molecular flexibility index (Phi) is 7.23. The van der Waals surface area contributed by atoms with Gasteiger partial charge in [0.1, 0.15) is 17.6 Å². The number of hydrogen-bond acceptors (Lipinski definition) is 4. The Bertz CT molecular complexity index is 1380. The van der Waals surface area contributed by atoms with Gasteiger partial charge in [-0.3, -0.25) is 9.78 Å². The molecular formula is C27H22Cl2N4O2S. The number of benzene rings is 2. The van der Waals surface area contributed by atoms with Crippen LogP contribution in [0.1, 0.15) is 30.0 Å². The van der Waals surface area contributed by atoms with Gasteiger partial charge in [-0.15, -0.1) is 0 Å². The van der Waals surface area contributed by atoms with Gasteiger partial charge in [0.05, 0.1) is 21.8 Å². The number of carbonyl (C=O) groups excluding carboxylic acids is 1. The zero-order valence-electron chi connectivity index (χ0n) is 19.0. The highest BCUT2D eigenvalue weighted by molar-refractivity contribution is 7.80. The molecule has 2 unspecified atom stereocenters. The largest absolute Gasteiger partial charge is 0.459 e. The van der Waals surface area contributed by atoms with E-state index in [-0.39, 0.29) is 24.4 Å². The van der Waals surface area contributed by atoms with Crippen LogP contribution in [-0.4, -0.2) is 27.4 Å². The van der Waals surface area contributed by atoms with Gasteiger partial charge >= 0.3 is 0 Å². The molecule has 0 spiro atoms. The predicted octanol–water partition coefficient (Wildman–Crippen LogP) is 6.65. The number of para-hydroxylation sites is 1. The second kappa shape index (κ2) is 10.7. The van der Waals surface area contributed by atoms with Crippen molar-refractivity contribution in [1.82, 2.24) is 15.2 Å². The molecule has 2 aromatic carbocycles. The smallest absolute Gasteiger partial charge is 0.226 e. The Hall–Kier alpha value is -3.39. The van der Waals surface area contributed by atoms with Gasteiger partial charge in [0.2, 0.25) is 5.91 Å². The summed E-state index contributed by atoms with van der Waals surface area (Å²) in [6.07, 6.45) is 2.00. The van der Waals surface area contributed by atoms with Crippen LogP contribution >= 0.6 is 35.4 Å². The van der Waals surface area contributed by atoms with Crippen LogP contribution in [0.5, 0.6) is 0 Å². The second-order valence-electron chi connectivity index (χ2n) is 8.32. The standard InChI is InChI=1S/C27H22Cl2N4O2S/c28-19-10-9-17(16-20(19)29)22-11-12-23(35-22)26-25(21-8-4-5-14-30-21)32-27(36)33(26)15-13-24(34)31-18-6-2-1-3-7-18/h1-12,14,16,25-26H,13,15H2,(H,31,34)(H,32,36). The molecule has 0 saturated carbocycles. The number of amides is 1. The van der Waals surface area contributed by atoms with Gasteiger partial charge in [0, 0.05) is 30.4 Å². The molecule has 36 heavy (non-hydrogen) atoms. The molecule has 1 fully saturated rings. The predicted molar refractivity (Wildman–Crippen MR) is 146 cm³/mol. The third-order valence-corrected chi connectivity index (χ3v) is 7.05. The lowest BCUT2D eigenvalue weighted by atomic mass is 10.0. The fourth-order valence-electron chi connectivity index (χ4n) is 4.24. The molecule has 1 aliphatic heterocycles. The number of anilines is 1. The van der Waals surface area contributed by atoms with Gasteiger partial charge in [-0.1, -0.05) is 47.5 Å². The molecule has 1 aliphatic rings. The molecule has 0 aliphatic carbocycles. The molecule has 4 aromatic rings. The zero-order valence-corrected chi connectivity index (χ0v) is 21.4. The zero-order chi connectivity index (χ0) is 25.1. The van der Waals surface area contributed by atoms with Crippen molar-refractivity contribution in [3.05, 3.63) is 107 Å². The van der Waals surface area contributed by atoms with Crippen molar-refractivity contribution >= 4 is 52.1 Å². The summed E-state index contributed by atoms with van der Waals surface area (Å²) in [5.41, 5.74) is 2.39. The minimum atomic E-state index is -0.298. The van der Waals surface area contributed by atoms with E-state index in [9.17, 15) is 4.79 Å². The van der Waals surface area contributed by atoms with Gasteiger partial charge < -0.3 is 20.0 Å². The molecule has 2 atom stereocenters. The van der Waals surface area contributed by atoms with Crippen molar-refractivity contribution in [2.45, 2.75) is 18.5 Å². The number of aromatic nitrogens is 1. The molecule has 6 nitrogen and oxygen atoms in total. The van der Waals surface area contributed by atoms with E-state index in [0.29, 0.717) is 33.2 Å². The number of nitrogens with zero attached hydrogens (tertiary/aromatic N) is 2. The normalized spacial score (nSPS) is 17.2. The summed E-state index contributed by atoms with van der Waals surface area (Å²) in [6.45, 7) is 0.404. The van der Waals surface area contributed by atoms with Crippen molar-refractivity contribution in [3.63, 3.8) is 0 Å². The maximum absolute atomic E-state index is 12.7. The van der Waals surface area contributed by atoms with E-state index in [0.717, 1.165) is 16.9 Å². The van der Waals surface area contributed by atoms with Crippen LogP contribution in [-0.2, 0) is 4.79 Å². The van der Waals surface area contributed by atoms with Gasteiger partial charge in [-0.25, -0.2) is 0 Å². The highest BCUT2D eigenvalue weighted by atomic mass is 35.5. The number of halogens is 2. The maximum Gasteiger partial charge on any atom is 0.226 e. The van der Waals surface area contributed by atoms with Crippen LogP contribution in [0.4, 0.5) is 5.69 Å². The van der Waals surface area contributed by atoms with E-state index in [4.69, 9.17) is 39.8 Å². The fourth-order valence-corrected chi connectivity index (χ4v) is 4.87. The number of hydrogen-bond donors (Lipinski definition) is 2. The van der Waals surface area contributed by atoms with Gasteiger partial charge in [0.15, 0.2) is 5.11 Å². The summed E-state index contributed by atoms with van der Waals surface area (Å²) in [6, 6.07) is 23.8. The number of carbonyl (C=O) groups is 1. The first-order valence-corrected chi connectivity index (χ1v) is 12.5. The van der Waals surface area contributed by atoms with E-state index in [1.807, 2.05) is 71.6 Å². The first-order chi connectivity index (χ1) is 17.5. The third kappa shape index (κ3) is 5.23. The molecular weight excluding hydrogens is 515 g/mol. The molecule has 9 heteroatoms. The van der Waals surface area contributed by atoms with Crippen molar-refractivity contribution in [1.29, 1.82) is 0 Å². The lowest BCUT2D eigenvalue weighted by molar-refractivity contribution is -0.116. The third-order valence-electron chi connectivity index (χ3n) is 5.96. The van der Waals surface area contributed by atoms with E-state index < -0.39 is 0 Å². The van der Waals surface area contributed by atoms with Crippen LogP contribution < -0.4 is 10.6 Å². The Balaban J connectivity index is 1.41. The summed E-state index contributed by atoms with van der Waals surface area (Å²) < 4.78 is 6.31. The molecule has 1 amide bonds. The SMILES string of the molecule is O=C(CCN1C(=S)NC(c2ccccn2)C1c1ccc(-c2ccc(Cl)c(Cl)c2)o1)Nc1ccccc1. The van der Waals surface area contributed by atoms with Gasteiger partial charge in [-0.2, -0.15) is 0 Å². The van der Waals surface area contributed by atoms with Crippen LogP contribution in [0, 0.1) is 0 Å². The monoisotopic (exact) mass is 536 g/mol. The van der Waals surface area contributed by atoms with Crippen LogP contribution in [0.25, 0.3) is 11.3 Å². The molecule has 3 heterocycles. The van der Waals surface area contributed by atoms with Crippen LogP contribution in [0.2, 0.25) is 10.0 Å². The summed E-state index contributed by atoms with van der Waals surface area (Å²) in [5.74, 6) is 1.26. The van der Waals surface area contributed by atoms with Crippen molar-refractivity contribution < 1.29 is 9.21 Å². The van der Waals surface area contributed by atoms with E-state index >= 15 is 0 Å². The highest BCUT2D eigenvalue weighted by Crippen LogP contribution is 2.41. The van der Waals surface area contributed by atoms with E-state index in [1.165, 1.54) is 0 Å². The van der Waals surface area contributed by atoms with E-state index in [1.54, 1.807) is 18.3 Å². The number of pyridine rings is 1. The molecule has 2 N–H and O–H groups in total. The molecule has 0 radical (unpaired) electrons. The molecule has 182 valence electrons. The summed E-state index contributed by atoms with van der Waals surface area (Å²) >= 11 is 18.0.